The van der Waals surface area contributed by atoms with Crippen molar-refractivity contribution in [2.24, 2.45) is 0 Å². The van der Waals surface area contributed by atoms with Gasteiger partial charge in [-0.25, -0.2) is 0 Å². The van der Waals surface area contributed by atoms with Crippen LogP contribution in [0.4, 0.5) is 5.69 Å². The molecule has 0 aliphatic carbocycles. The predicted octanol–water partition coefficient (Wildman–Crippen LogP) is 3.85. The second-order valence-electron chi connectivity index (χ2n) is 6.74. The van der Waals surface area contributed by atoms with Crippen LogP contribution in [0, 0.1) is 6.92 Å². The molecule has 0 radical (unpaired) electrons. The van der Waals surface area contributed by atoms with Crippen molar-refractivity contribution in [3.8, 4) is 0 Å². The van der Waals surface area contributed by atoms with Crippen LogP contribution in [0.3, 0.4) is 0 Å². The highest BCUT2D eigenvalue weighted by Gasteiger charge is 2.12. The van der Waals surface area contributed by atoms with Gasteiger partial charge in [-0.1, -0.05) is 41.4 Å². The highest BCUT2D eigenvalue weighted by molar-refractivity contribution is 7.80. The van der Waals surface area contributed by atoms with Crippen molar-refractivity contribution < 1.29 is 14.4 Å². The molecule has 0 heterocycles. The zero-order chi connectivity index (χ0) is 23.1. The molecule has 4 N–H and O–H groups in total. The Morgan fingerprint density at radius 1 is 0.781 bits per heavy atom. The van der Waals surface area contributed by atoms with Gasteiger partial charge in [-0.15, -0.1) is 0 Å². The van der Waals surface area contributed by atoms with Gasteiger partial charge in [0.2, 0.25) is 0 Å². The number of hydrogen-bond acceptors (Lipinski definition) is 4. The Labute approximate surface area is 195 Å². The molecule has 7 nitrogen and oxygen atoms in total. The van der Waals surface area contributed by atoms with Crippen LogP contribution in [0.1, 0.15) is 36.6 Å². The monoisotopic (exact) mass is 466 g/mol. The SMILES string of the molecule is Cc1cccc(C(=O)Nc2ccc(C(=O)NNC(=S)NC(=O)c3ccccc3Cl)cc2)c1. The van der Waals surface area contributed by atoms with Crippen molar-refractivity contribution in [2.45, 2.75) is 6.92 Å². The molecule has 0 aromatic heterocycles. The van der Waals surface area contributed by atoms with Gasteiger partial charge in [-0.2, -0.15) is 0 Å². The third-order valence-corrected chi connectivity index (χ3v) is 4.85. The summed E-state index contributed by atoms with van der Waals surface area (Å²) in [5, 5.41) is 5.40. The van der Waals surface area contributed by atoms with E-state index < -0.39 is 11.8 Å². The summed E-state index contributed by atoms with van der Waals surface area (Å²) >= 11 is 11.0. The van der Waals surface area contributed by atoms with E-state index in [1.54, 1.807) is 60.7 Å². The number of nitrogens with one attached hydrogen (secondary N) is 4. The smallest absolute Gasteiger partial charge is 0.269 e. The zero-order valence-corrected chi connectivity index (χ0v) is 18.5. The van der Waals surface area contributed by atoms with Crippen molar-refractivity contribution in [1.82, 2.24) is 16.2 Å². The van der Waals surface area contributed by atoms with Gasteiger partial charge in [-0.05, 0) is 67.7 Å². The highest BCUT2D eigenvalue weighted by atomic mass is 35.5. The average Bonchev–Trinajstić information content (AvgIpc) is 2.78. The van der Waals surface area contributed by atoms with Gasteiger partial charge in [0.05, 0.1) is 10.6 Å². The quantitative estimate of drug-likeness (QED) is 0.346. The number of aryl methyl sites for hydroxylation is 1. The fourth-order valence-electron chi connectivity index (χ4n) is 2.73. The molecule has 0 bridgehead atoms. The molecule has 0 unspecified atom stereocenters. The van der Waals surface area contributed by atoms with Crippen LogP contribution in [-0.4, -0.2) is 22.8 Å². The van der Waals surface area contributed by atoms with Crippen LogP contribution in [0.25, 0.3) is 0 Å². The van der Waals surface area contributed by atoms with Crippen molar-refractivity contribution in [1.29, 1.82) is 0 Å². The Morgan fingerprint density at radius 3 is 2.19 bits per heavy atom. The molecule has 3 aromatic carbocycles. The summed E-state index contributed by atoms with van der Waals surface area (Å²) in [5.41, 5.74) is 7.52. The second kappa shape index (κ2) is 10.5. The number of carbonyl (C=O) groups is 3. The summed E-state index contributed by atoms with van der Waals surface area (Å²) in [7, 11) is 0. The van der Waals surface area contributed by atoms with Crippen LogP contribution in [0.2, 0.25) is 5.02 Å². The fourth-order valence-corrected chi connectivity index (χ4v) is 3.09. The van der Waals surface area contributed by atoms with Crippen molar-refractivity contribution in [3.05, 3.63) is 100 Å². The molecule has 32 heavy (non-hydrogen) atoms. The summed E-state index contributed by atoms with van der Waals surface area (Å²) in [4.78, 5) is 36.8. The van der Waals surface area contributed by atoms with E-state index in [9.17, 15) is 14.4 Å². The highest BCUT2D eigenvalue weighted by Crippen LogP contribution is 2.14. The zero-order valence-electron chi connectivity index (χ0n) is 16.9. The first kappa shape index (κ1) is 22.9. The van der Waals surface area contributed by atoms with Crippen molar-refractivity contribution >= 4 is 52.3 Å². The summed E-state index contributed by atoms with van der Waals surface area (Å²) in [6.45, 7) is 1.91. The van der Waals surface area contributed by atoms with Crippen molar-refractivity contribution in [2.75, 3.05) is 5.32 Å². The number of hydrogen-bond donors (Lipinski definition) is 4. The number of benzene rings is 3. The van der Waals surface area contributed by atoms with E-state index in [0.717, 1.165) is 5.56 Å². The van der Waals surface area contributed by atoms with Crippen LogP contribution < -0.4 is 21.5 Å². The predicted molar refractivity (Wildman–Crippen MR) is 128 cm³/mol. The van der Waals surface area contributed by atoms with Crippen LogP contribution in [0.5, 0.6) is 0 Å². The molecule has 0 saturated carbocycles. The molecule has 0 aliphatic rings. The molecular formula is C23H19ClN4O3S. The fraction of sp³-hybridized carbons (Fsp3) is 0.0435. The minimum absolute atomic E-state index is 0.0923. The van der Waals surface area contributed by atoms with Gasteiger partial charge in [0.1, 0.15) is 0 Å². The summed E-state index contributed by atoms with van der Waals surface area (Å²) in [5.74, 6) is -1.22. The van der Waals surface area contributed by atoms with Crippen LogP contribution in [-0.2, 0) is 0 Å². The number of anilines is 1. The molecule has 3 aromatic rings. The topological polar surface area (TPSA) is 99.3 Å². The number of amides is 3. The number of rotatable bonds is 4. The lowest BCUT2D eigenvalue weighted by atomic mass is 10.1. The average molecular weight is 467 g/mol. The van der Waals surface area contributed by atoms with E-state index in [0.29, 0.717) is 16.8 Å². The normalized spacial score (nSPS) is 10.1. The molecule has 3 rings (SSSR count). The van der Waals surface area contributed by atoms with Crippen LogP contribution >= 0.6 is 23.8 Å². The lowest BCUT2D eigenvalue weighted by molar-refractivity contribution is 0.0934. The lowest BCUT2D eigenvalue weighted by Crippen LogP contribution is -2.48. The molecule has 162 valence electrons. The van der Waals surface area contributed by atoms with Gasteiger partial charge in [0, 0.05) is 16.8 Å². The first-order valence-corrected chi connectivity index (χ1v) is 10.3. The largest absolute Gasteiger partial charge is 0.322 e. The standard InChI is InChI=1S/C23H19ClN4O3S/c1-14-5-4-6-16(13-14)20(29)25-17-11-9-15(10-12-17)21(30)27-28-23(32)26-22(31)18-7-2-3-8-19(18)24/h2-13H,1H3,(H,25,29)(H,27,30)(H2,26,28,31,32). The minimum Gasteiger partial charge on any atom is -0.322 e. The minimum atomic E-state index is -0.504. The number of carbonyl (C=O) groups excluding carboxylic acids is 3. The summed E-state index contributed by atoms with van der Waals surface area (Å²) in [6, 6.07) is 20.1. The Bertz CT molecular complexity index is 1180. The molecule has 0 spiro atoms. The van der Waals surface area contributed by atoms with Gasteiger partial charge >= 0.3 is 0 Å². The maximum atomic E-state index is 12.3. The van der Waals surface area contributed by atoms with E-state index in [1.807, 2.05) is 19.1 Å². The second-order valence-corrected chi connectivity index (χ2v) is 7.56. The maximum Gasteiger partial charge on any atom is 0.269 e. The maximum absolute atomic E-state index is 12.3. The molecule has 0 saturated heterocycles. The van der Waals surface area contributed by atoms with Gasteiger partial charge in [-0.3, -0.25) is 30.6 Å². The van der Waals surface area contributed by atoms with E-state index >= 15 is 0 Å². The van der Waals surface area contributed by atoms with Gasteiger partial charge < -0.3 is 5.32 Å². The van der Waals surface area contributed by atoms with Crippen molar-refractivity contribution in [3.63, 3.8) is 0 Å². The number of thiocarbonyl (C=S) groups is 1. The summed E-state index contributed by atoms with van der Waals surface area (Å²) < 4.78 is 0. The Kier molecular flexibility index (Phi) is 7.54. The number of halogens is 1. The first-order valence-electron chi connectivity index (χ1n) is 9.48. The van der Waals surface area contributed by atoms with E-state index in [-0.39, 0.29) is 21.6 Å². The molecule has 0 fully saturated rings. The Balaban J connectivity index is 1.51. The molecular weight excluding hydrogens is 448 g/mol. The third-order valence-electron chi connectivity index (χ3n) is 4.32. The third kappa shape index (κ3) is 6.13. The van der Waals surface area contributed by atoms with E-state index in [4.69, 9.17) is 23.8 Å². The molecule has 9 heteroatoms. The van der Waals surface area contributed by atoms with Gasteiger partial charge in [0.15, 0.2) is 5.11 Å². The molecule has 0 atom stereocenters. The first-order chi connectivity index (χ1) is 15.3. The Morgan fingerprint density at radius 2 is 1.50 bits per heavy atom. The van der Waals surface area contributed by atoms with Gasteiger partial charge in [0.25, 0.3) is 17.7 Å². The molecule has 0 aliphatic heterocycles. The van der Waals surface area contributed by atoms with E-state index in [1.165, 1.54) is 0 Å². The van der Waals surface area contributed by atoms with Crippen LogP contribution in [0.15, 0.2) is 72.8 Å². The number of hydrazine groups is 1. The van der Waals surface area contributed by atoms with E-state index in [2.05, 4.69) is 21.5 Å². The molecule has 3 amide bonds. The Hall–Kier alpha value is -3.75. The summed E-state index contributed by atoms with van der Waals surface area (Å²) in [6.07, 6.45) is 0. The lowest BCUT2D eigenvalue weighted by Gasteiger charge is -2.12.